The van der Waals surface area contributed by atoms with Crippen LogP contribution in [-0.2, 0) is 4.79 Å². The van der Waals surface area contributed by atoms with Crippen molar-refractivity contribution in [1.29, 1.82) is 0 Å². The molecule has 92 valence electrons. The Bertz CT molecular complexity index is 549. The van der Waals surface area contributed by atoms with Gasteiger partial charge in [0.15, 0.2) is 5.78 Å². The summed E-state index contributed by atoms with van der Waals surface area (Å²) in [6.45, 7) is 1.79. The summed E-state index contributed by atoms with van der Waals surface area (Å²) in [4.78, 5) is 24.1. The van der Waals surface area contributed by atoms with E-state index in [0.717, 1.165) is 5.57 Å². The largest absolute Gasteiger partial charge is 0.307 e. The molecule has 1 aliphatic rings. The summed E-state index contributed by atoms with van der Waals surface area (Å²) >= 11 is 6.13. The first-order chi connectivity index (χ1) is 8.58. The summed E-state index contributed by atoms with van der Waals surface area (Å²) in [5.41, 5.74) is 1.41. The molecule has 18 heavy (non-hydrogen) atoms. The van der Waals surface area contributed by atoms with E-state index in [0.29, 0.717) is 14.8 Å². The van der Waals surface area contributed by atoms with Crippen LogP contribution in [0.1, 0.15) is 23.7 Å². The molecule has 1 N–H and O–H groups in total. The minimum atomic E-state index is -0.205. The van der Waals surface area contributed by atoms with Crippen molar-refractivity contribution in [3.63, 3.8) is 0 Å². The van der Waals surface area contributed by atoms with Crippen molar-refractivity contribution in [2.45, 2.75) is 13.3 Å². The van der Waals surface area contributed by atoms with Gasteiger partial charge in [0.05, 0.1) is 4.91 Å². The van der Waals surface area contributed by atoms with E-state index < -0.39 is 0 Å². The molecule has 1 fully saturated rings. The molecule has 0 spiro atoms. The first-order valence-corrected chi connectivity index (χ1v) is 6.61. The van der Waals surface area contributed by atoms with Crippen LogP contribution in [0.5, 0.6) is 0 Å². The summed E-state index contributed by atoms with van der Waals surface area (Å²) in [6.07, 6.45) is 0.238. The molecular weight excluding hydrogens is 266 g/mol. The Kier molecular flexibility index (Phi) is 3.93. The van der Waals surface area contributed by atoms with Gasteiger partial charge in [0.1, 0.15) is 4.32 Å². The SMILES string of the molecule is CC(CC(=O)c1ccccc1)=C1SC(=S)NC1=O. The van der Waals surface area contributed by atoms with Crippen LogP contribution in [0, 0.1) is 0 Å². The zero-order valence-electron chi connectivity index (χ0n) is 9.73. The molecule has 1 amide bonds. The molecule has 0 saturated carbocycles. The lowest BCUT2D eigenvalue weighted by Crippen LogP contribution is -2.18. The standard InChI is InChI=1S/C13H11NO2S2/c1-8(11-12(16)14-13(17)18-11)7-10(15)9-5-3-2-4-6-9/h2-6H,7H2,1H3,(H,14,16,17). The highest BCUT2D eigenvalue weighted by Crippen LogP contribution is 2.28. The molecule has 0 unspecified atom stereocenters. The predicted molar refractivity (Wildman–Crippen MR) is 76.4 cm³/mol. The Morgan fingerprint density at radius 2 is 2.00 bits per heavy atom. The maximum atomic E-state index is 12.0. The molecule has 1 aromatic carbocycles. The van der Waals surface area contributed by atoms with Gasteiger partial charge < -0.3 is 5.32 Å². The van der Waals surface area contributed by atoms with Crippen LogP contribution in [0.2, 0.25) is 0 Å². The number of thioether (sulfide) groups is 1. The number of allylic oxidation sites excluding steroid dienone is 1. The van der Waals surface area contributed by atoms with Crippen molar-refractivity contribution in [2.24, 2.45) is 0 Å². The van der Waals surface area contributed by atoms with Gasteiger partial charge in [-0.1, -0.05) is 54.3 Å². The smallest absolute Gasteiger partial charge is 0.263 e. The number of carbonyl (C=O) groups excluding carboxylic acids is 2. The van der Waals surface area contributed by atoms with E-state index in [1.165, 1.54) is 11.8 Å². The van der Waals surface area contributed by atoms with E-state index in [9.17, 15) is 9.59 Å². The Labute approximate surface area is 115 Å². The number of rotatable bonds is 3. The zero-order valence-corrected chi connectivity index (χ0v) is 11.4. The monoisotopic (exact) mass is 277 g/mol. The van der Waals surface area contributed by atoms with E-state index in [1.807, 2.05) is 18.2 Å². The quantitative estimate of drug-likeness (QED) is 0.524. The number of carbonyl (C=O) groups is 2. The summed E-state index contributed by atoms with van der Waals surface area (Å²) < 4.78 is 0.446. The molecule has 0 aromatic heterocycles. The summed E-state index contributed by atoms with van der Waals surface area (Å²) in [5.74, 6) is -0.199. The summed E-state index contributed by atoms with van der Waals surface area (Å²) in [6, 6.07) is 9.05. The van der Waals surface area contributed by atoms with E-state index in [1.54, 1.807) is 19.1 Å². The van der Waals surface area contributed by atoms with Crippen LogP contribution in [-0.4, -0.2) is 16.0 Å². The fourth-order valence-corrected chi connectivity index (χ4v) is 2.70. The van der Waals surface area contributed by atoms with Crippen molar-refractivity contribution in [3.8, 4) is 0 Å². The lowest BCUT2D eigenvalue weighted by atomic mass is 10.0. The fourth-order valence-electron chi connectivity index (χ4n) is 1.64. The topological polar surface area (TPSA) is 46.2 Å². The lowest BCUT2D eigenvalue weighted by molar-refractivity contribution is -0.115. The fraction of sp³-hybridized carbons (Fsp3) is 0.154. The van der Waals surface area contributed by atoms with Gasteiger partial charge in [-0.3, -0.25) is 9.59 Å². The third-order valence-corrected chi connectivity index (χ3v) is 3.90. The predicted octanol–water partition coefficient (Wildman–Crippen LogP) is 2.68. The molecule has 2 rings (SSSR count). The maximum absolute atomic E-state index is 12.0. The minimum Gasteiger partial charge on any atom is -0.307 e. The normalized spacial score (nSPS) is 17.6. The first kappa shape index (κ1) is 13.0. The van der Waals surface area contributed by atoms with Crippen LogP contribution in [0.4, 0.5) is 0 Å². The molecule has 1 aromatic rings. The molecule has 0 aliphatic carbocycles. The summed E-state index contributed by atoms with van der Waals surface area (Å²) in [5, 5.41) is 2.55. The van der Waals surface area contributed by atoms with Gasteiger partial charge in [-0.15, -0.1) is 0 Å². The Hall–Kier alpha value is -1.46. The van der Waals surface area contributed by atoms with E-state index >= 15 is 0 Å². The number of benzene rings is 1. The van der Waals surface area contributed by atoms with Crippen LogP contribution in [0.25, 0.3) is 0 Å². The van der Waals surface area contributed by atoms with Crippen LogP contribution < -0.4 is 5.32 Å². The maximum Gasteiger partial charge on any atom is 0.263 e. The second-order valence-electron chi connectivity index (χ2n) is 3.92. The van der Waals surface area contributed by atoms with Gasteiger partial charge in [-0.2, -0.15) is 0 Å². The number of thiocarbonyl (C=S) groups is 1. The molecule has 1 saturated heterocycles. The highest BCUT2D eigenvalue weighted by Gasteiger charge is 2.25. The molecule has 1 heterocycles. The van der Waals surface area contributed by atoms with Gasteiger partial charge in [0.2, 0.25) is 0 Å². The molecule has 1 aliphatic heterocycles. The third-order valence-electron chi connectivity index (χ3n) is 2.53. The first-order valence-electron chi connectivity index (χ1n) is 5.39. The molecular formula is C13H11NO2S2. The van der Waals surface area contributed by atoms with E-state index in [-0.39, 0.29) is 18.1 Å². The number of nitrogens with one attached hydrogen (secondary N) is 1. The Morgan fingerprint density at radius 1 is 1.33 bits per heavy atom. The highest BCUT2D eigenvalue weighted by molar-refractivity contribution is 8.26. The van der Waals surface area contributed by atoms with E-state index in [4.69, 9.17) is 12.2 Å². The number of hydrogen-bond acceptors (Lipinski definition) is 4. The number of ketones is 1. The van der Waals surface area contributed by atoms with Gasteiger partial charge in [0.25, 0.3) is 5.91 Å². The summed E-state index contributed by atoms with van der Waals surface area (Å²) in [7, 11) is 0. The van der Waals surface area contributed by atoms with Gasteiger partial charge in [0, 0.05) is 12.0 Å². The van der Waals surface area contributed by atoms with Crippen LogP contribution >= 0.6 is 24.0 Å². The van der Waals surface area contributed by atoms with Crippen molar-refractivity contribution >= 4 is 40.0 Å². The molecule has 0 radical (unpaired) electrons. The van der Waals surface area contributed by atoms with Gasteiger partial charge in [-0.25, -0.2) is 0 Å². The van der Waals surface area contributed by atoms with Crippen LogP contribution in [0.15, 0.2) is 40.8 Å². The van der Waals surface area contributed by atoms with Crippen molar-refractivity contribution in [2.75, 3.05) is 0 Å². The Balaban J connectivity index is 2.15. The van der Waals surface area contributed by atoms with Gasteiger partial charge in [-0.05, 0) is 12.5 Å². The average Bonchev–Trinajstić information content (AvgIpc) is 2.69. The van der Waals surface area contributed by atoms with E-state index in [2.05, 4.69) is 5.32 Å². The molecule has 0 atom stereocenters. The lowest BCUT2D eigenvalue weighted by Gasteiger charge is -2.03. The van der Waals surface area contributed by atoms with Crippen LogP contribution in [0.3, 0.4) is 0 Å². The second-order valence-corrected chi connectivity index (χ2v) is 5.61. The minimum absolute atomic E-state index is 0.00631. The average molecular weight is 277 g/mol. The number of hydrogen-bond donors (Lipinski definition) is 1. The Morgan fingerprint density at radius 3 is 2.56 bits per heavy atom. The van der Waals surface area contributed by atoms with Crippen molar-refractivity contribution in [3.05, 3.63) is 46.4 Å². The number of amides is 1. The second kappa shape index (κ2) is 5.46. The van der Waals surface area contributed by atoms with Crippen molar-refractivity contribution in [1.82, 2.24) is 5.32 Å². The van der Waals surface area contributed by atoms with Crippen molar-refractivity contribution < 1.29 is 9.59 Å². The zero-order chi connectivity index (χ0) is 13.1. The third kappa shape index (κ3) is 2.86. The molecule has 3 nitrogen and oxygen atoms in total. The highest BCUT2D eigenvalue weighted by atomic mass is 32.2. The number of Topliss-reactive ketones (excluding diaryl/α,β-unsaturated/α-hetero) is 1. The van der Waals surface area contributed by atoms with Gasteiger partial charge >= 0.3 is 0 Å². The molecule has 0 bridgehead atoms. The molecule has 5 heteroatoms.